The number of hydrogen-bond donors (Lipinski definition) is 1. The van der Waals surface area contributed by atoms with E-state index in [-0.39, 0.29) is 16.1 Å². The van der Waals surface area contributed by atoms with E-state index in [4.69, 9.17) is 10.00 Å². The zero-order chi connectivity index (χ0) is 15.6. The molecular formula is C13H11BrN2O3S2. The van der Waals surface area contributed by atoms with Gasteiger partial charge in [-0.3, -0.25) is 4.72 Å². The van der Waals surface area contributed by atoms with Crippen molar-refractivity contribution in [3.8, 4) is 11.8 Å². The molecule has 0 aliphatic heterocycles. The minimum atomic E-state index is -3.79. The Morgan fingerprint density at radius 2 is 2.14 bits per heavy atom. The average Bonchev–Trinajstić information content (AvgIpc) is 2.78. The summed E-state index contributed by atoms with van der Waals surface area (Å²) in [6, 6.07) is 8.23. The number of benzene rings is 1. The molecule has 0 radical (unpaired) electrons. The Bertz CT molecular complexity index is 822. The number of halogens is 1. The van der Waals surface area contributed by atoms with Gasteiger partial charge in [0.25, 0.3) is 10.0 Å². The fourth-order valence-corrected chi connectivity index (χ4v) is 5.29. The molecule has 2 aromatic rings. The third-order valence-corrected chi connectivity index (χ3v) is 5.89. The SMILES string of the molecule is COc1cccc(C#N)c1NS(=O)(=O)c1cc(Br)sc1C. The Morgan fingerprint density at radius 1 is 1.43 bits per heavy atom. The van der Waals surface area contributed by atoms with Crippen molar-refractivity contribution in [2.75, 3.05) is 11.8 Å². The van der Waals surface area contributed by atoms with E-state index in [1.54, 1.807) is 19.1 Å². The standard InChI is InChI=1S/C13H11BrN2O3S2/c1-8-11(6-12(14)20-8)21(17,18)16-13-9(7-15)4-3-5-10(13)19-2/h3-6,16H,1-2H3. The van der Waals surface area contributed by atoms with Crippen LogP contribution in [0, 0.1) is 18.3 Å². The van der Waals surface area contributed by atoms with E-state index in [9.17, 15) is 8.42 Å². The maximum atomic E-state index is 12.5. The number of hydrogen-bond acceptors (Lipinski definition) is 5. The van der Waals surface area contributed by atoms with E-state index in [0.717, 1.165) is 3.79 Å². The zero-order valence-corrected chi connectivity index (χ0v) is 14.4. The summed E-state index contributed by atoms with van der Waals surface area (Å²) < 4.78 is 33.2. The van der Waals surface area contributed by atoms with Crippen molar-refractivity contribution >= 4 is 43.0 Å². The molecule has 0 amide bonds. The molecule has 0 atom stereocenters. The monoisotopic (exact) mass is 386 g/mol. The number of thiophene rings is 1. The van der Waals surface area contributed by atoms with E-state index < -0.39 is 10.0 Å². The third kappa shape index (κ3) is 3.20. The third-order valence-electron chi connectivity index (χ3n) is 2.73. The van der Waals surface area contributed by atoms with Gasteiger partial charge in [0.05, 0.1) is 16.5 Å². The zero-order valence-electron chi connectivity index (χ0n) is 11.2. The Balaban J connectivity index is 2.52. The van der Waals surface area contributed by atoms with Gasteiger partial charge in [0.1, 0.15) is 22.4 Å². The Labute approximate surface area is 135 Å². The summed E-state index contributed by atoms with van der Waals surface area (Å²) in [7, 11) is -2.37. The molecule has 0 saturated heterocycles. The van der Waals surface area contributed by atoms with Gasteiger partial charge < -0.3 is 4.74 Å². The largest absolute Gasteiger partial charge is 0.495 e. The number of nitriles is 1. The minimum Gasteiger partial charge on any atom is -0.495 e. The molecule has 0 unspecified atom stereocenters. The molecule has 0 fully saturated rings. The molecule has 0 spiro atoms. The summed E-state index contributed by atoms with van der Waals surface area (Å²) in [5, 5.41) is 9.12. The second-order valence-corrected chi connectivity index (χ2v) is 8.36. The Hall–Kier alpha value is -1.56. The van der Waals surface area contributed by atoms with Crippen LogP contribution < -0.4 is 9.46 Å². The van der Waals surface area contributed by atoms with Gasteiger partial charge in [0.2, 0.25) is 0 Å². The Kier molecular flexibility index (Phi) is 4.56. The summed E-state index contributed by atoms with van der Waals surface area (Å²) in [4.78, 5) is 0.831. The maximum absolute atomic E-state index is 12.5. The number of aryl methyl sites for hydroxylation is 1. The van der Waals surface area contributed by atoms with Crippen LogP contribution in [-0.4, -0.2) is 15.5 Å². The van der Waals surface area contributed by atoms with Crippen LogP contribution in [0.2, 0.25) is 0 Å². The highest BCUT2D eigenvalue weighted by atomic mass is 79.9. The van der Waals surface area contributed by atoms with Crippen molar-refractivity contribution < 1.29 is 13.2 Å². The van der Waals surface area contributed by atoms with Crippen molar-refractivity contribution in [3.05, 3.63) is 38.5 Å². The van der Waals surface area contributed by atoms with Crippen LogP contribution in [0.15, 0.2) is 32.9 Å². The van der Waals surface area contributed by atoms with Crippen LogP contribution >= 0.6 is 27.3 Å². The summed E-state index contributed by atoms with van der Waals surface area (Å²) in [5.41, 5.74) is 0.342. The van der Waals surface area contributed by atoms with Gasteiger partial charge in [-0.1, -0.05) is 6.07 Å². The van der Waals surface area contributed by atoms with Crippen LogP contribution in [0.5, 0.6) is 5.75 Å². The first-order valence-electron chi connectivity index (χ1n) is 5.75. The number of para-hydroxylation sites is 1. The summed E-state index contributed by atoms with van der Waals surface area (Å²) in [5.74, 6) is 0.296. The van der Waals surface area contributed by atoms with Crippen LogP contribution in [0.3, 0.4) is 0 Å². The molecule has 1 aromatic heterocycles. The van der Waals surface area contributed by atoms with E-state index in [1.807, 2.05) is 6.07 Å². The smallest absolute Gasteiger partial charge is 0.263 e. The summed E-state index contributed by atoms with van der Waals surface area (Å²) in [6.07, 6.45) is 0. The average molecular weight is 387 g/mol. The highest BCUT2D eigenvalue weighted by Crippen LogP contribution is 2.34. The van der Waals surface area contributed by atoms with Gasteiger partial charge in [-0.2, -0.15) is 5.26 Å². The lowest BCUT2D eigenvalue weighted by Crippen LogP contribution is -2.14. The predicted octanol–water partition coefficient (Wildman–Crippen LogP) is 3.50. The topological polar surface area (TPSA) is 79.2 Å². The fraction of sp³-hybridized carbons (Fsp3) is 0.154. The molecule has 2 rings (SSSR count). The van der Waals surface area contributed by atoms with Crippen molar-refractivity contribution in [2.24, 2.45) is 0 Å². The number of nitrogens with zero attached hydrogens (tertiary/aromatic N) is 1. The highest BCUT2D eigenvalue weighted by molar-refractivity contribution is 9.11. The number of nitrogens with one attached hydrogen (secondary N) is 1. The van der Waals surface area contributed by atoms with Crippen LogP contribution in [0.25, 0.3) is 0 Å². The lowest BCUT2D eigenvalue weighted by molar-refractivity contribution is 0.416. The number of sulfonamides is 1. The van der Waals surface area contributed by atoms with Crippen LogP contribution in [-0.2, 0) is 10.0 Å². The van der Waals surface area contributed by atoms with E-state index in [0.29, 0.717) is 10.6 Å². The number of rotatable bonds is 4. The van der Waals surface area contributed by atoms with Crippen molar-refractivity contribution in [1.82, 2.24) is 0 Å². The first kappa shape index (κ1) is 15.8. The second kappa shape index (κ2) is 6.05. The summed E-state index contributed by atoms with van der Waals surface area (Å²) in [6.45, 7) is 1.72. The first-order chi connectivity index (χ1) is 9.89. The number of ether oxygens (including phenoxy) is 1. The highest BCUT2D eigenvalue weighted by Gasteiger charge is 2.22. The van der Waals surface area contributed by atoms with Gasteiger partial charge in [-0.25, -0.2) is 8.42 Å². The van der Waals surface area contributed by atoms with E-state index in [1.165, 1.54) is 30.6 Å². The minimum absolute atomic E-state index is 0.143. The molecule has 110 valence electrons. The molecule has 1 aromatic carbocycles. The molecule has 1 N–H and O–H groups in total. The molecule has 0 aliphatic rings. The second-order valence-electron chi connectivity index (χ2n) is 4.07. The van der Waals surface area contributed by atoms with Gasteiger partial charge >= 0.3 is 0 Å². The van der Waals surface area contributed by atoms with Crippen molar-refractivity contribution in [2.45, 2.75) is 11.8 Å². The number of anilines is 1. The lowest BCUT2D eigenvalue weighted by atomic mass is 10.2. The summed E-state index contributed by atoms with van der Waals surface area (Å²) >= 11 is 4.59. The molecule has 1 heterocycles. The quantitative estimate of drug-likeness (QED) is 0.871. The van der Waals surface area contributed by atoms with Gasteiger partial charge in [-0.15, -0.1) is 11.3 Å². The molecule has 21 heavy (non-hydrogen) atoms. The van der Waals surface area contributed by atoms with Gasteiger partial charge in [0, 0.05) is 4.88 Å². The van der Waals surface area contributed by atoms with Crippen molar-refractivity contribution in [3.63, 3.8) is 0 Å². The molecular weight excluding hydrogens is 376 g/mol. The Morgan fingerprint density at radius 3 is 2.67 bits per heavy atom. The predicted molar refractivity (Wildman–Crippen MR) is 85.3 cm³/mol. The van der Waals surface area contributed by atoms with E-state index in [2.05, 4.69) is 20.7 Å². The molecule has 5 nitrogen and oxygen atoms in total. The van der Waals surface area contributed by atoms with E-state index >= 15 is 0 Å². The molecule has 0 aliphatic carbocycles. The van der Waals surface area contributed by atoms with Gasteiger partial charge in [0.15, 0.2) is 0 Å². The first-order valence-corrected chi connectivity index (χ1v) is 8.84. The maximum Gasteiger partial charge on any atom is 0.263 e. The fourth-order valence-electron chi connectivity index (χ4n) is 1.79. The van der Waals surface area contributed by atoms with Gasteiger partial charge in [-0.05, 0) is 41.1 Å². The molecule has 0 bridgehead atoms. The number of methoxy groups -OCH3 is 1. The molecule has 8 heteroatoms. The van der Waals surface area contributed by atoms with Crippen LogP contribution in [0.4, 0.5) is 5.69 Å². The lowest BCUT2D eigenvalue weighted by Gasteiger charge is -2.12. The molecule has 0 saturated carbocycles. The van der Waals surface area contributed by atoms with Crippen LogP contribution in [0.1, 0.15) is 10.4 Å². The van der Waals surface area contributed by atoms with Crippen molar-refractivity contribution in [1.29, 1.82) is 5.26 Å². The normalized spacial score (nSPS) is 11.0.